The van der Waals surface area contributed by atoms with Crippen molar-refractivity contribution >= 4 is 22.1 Å². The molecule has 0 unspecified atom stereocenters. The number of fused-ring (bicyclic) bond motifs is 1. The normalized spacial score (nSPS) is 12.7. The van der Waals surface area contributed by atoms with Crippen LogP contribution in [0.15, 0.2) is 60.0 Å². The Labute approximate surface area is 117 Å². The molecule has 0 aliphatic carbocycles. The fourth-order valence-corrected chi connectivity index (χ4v) is 3.16. The molecule has 96 valence electrons. The minimum absolute atomic E-state index is 0.395. The van der Waals surface area contributed by atoms with Gasteiger partial charge in [0.2, 0.25) is 0 Å². The molecule has 1 aromatic heterocycles. The Morgan fingerprint density at radius 1 is 0.947 bits per heavy atom. The highest BCUT2D eigenvalue weighted by molar-refractivity contribution is 7.09. The summed E-state index contributed by atoms with van der Waals surface area (Å²) in [5, 5.41) is 14.9. The summed E-state index contributed by atoms with van der Waals surface area (Å²) in [5.41, 5.74) is 1.04. The molecule has 0 fully saturated rings. The molecule has 1 atom stereocenters. The smallest absolute Gasteiger partial charge is 0.0799 e. The first-order valence-electron chi connectivity index (χ1n) is 6.53. The molecule has 2 aromatic carbocycles. The van der Waals surface area contributed by atoms with E-state index in [4.69, 9.17) is 0 Å². The lowest BCUT2D eigenvalue weighted by molar-refractivity contribution is 0.169. The van der Waals surface area contributed by atoms with Crippen LogP contribution >= 0.6 is 11.3 Å². The molecule has 1 N–H and O–H groups in total. The van der Waals surface area contributed by atoms with Gasteiger partial charge in [-0.05, 0) is 40.6 Å². The molecule has 0 radical (unpaired) electrons. The van der Waals surface area contributed by atoms with Crippen molar-refractivity contribution in [1.82, 2.24) is 0 Å². The lowest BCUT2D eigenvalue weighted by Gasteiger charge is -2.13. The van der Waals surface area contributed by atoms with E-state index in [1.807, 2.05) is 24.3 Å². The first-order valence-corrected chi connectivity index (χ1v) is 7.40. The van der Waals surface area contributed by atoms with Crippen LogP contribution in [0.2, 0.25) is 0 Å². The van der Waals surface area contributed by atoms with Gasteiger partial charge in [0.15, 0.2) is 0 Å². The molecule has 0 aliphatic rings. The van der Waals surface area contributed by atoms with E-state index in [9.17, 15) is 5.11 Å². The Morgan fingerprint density at radius 2 is 1.79 bits per heavy atom. The van der Waals surface area contributed by atoms with Crippen LogP contribution < -0.4 is 0 Å². The summed E-state index contributed by atoms with van der Waals surface area (Å²) in [7, 11) is 0. The first-order chi connectivity index (χ1) is 9.34. The monoisotopic (exact) mass is 268 g/mol. The molecule has 3 aromatic rings. The van der Waals surface area contributed by atoms with Crippen LogP contribution in [0, 0.1) is 0 Å². The second-order valence-electron chi connectivity index (χ2n) is 4.70. The van der Waals surface area contributed by atoms with Crippen LogP contribution in [0.4, 0.5) is 0 Å². The number of aryl methyl sites for hydroxylation is 1. The van der Waals surface area contributed by atoms with Crippen LogP contribution in [-0.4, -0.2) is 5.11 Å². The van der Waals surface area contributed by atoms with Crippen LogP contribution in [0.1, 0.15) is 23.0 Å². The van der Waals surface area contributed by atoms with Gasteiger partial charge in [-0.1, -0.05) is 48.5 Å². The number of aliphatic hydroxyl groups is 1. The van der Waals surface area contributed by atoms with Gasteiger partial charge in [0.1, 0.15) is 0 Å². The highest BCUT2D eigenvalue weighted by atomic mass is 32.1. The van der Waals surface area contributed by atoms with Crippen molar-refractivity contribution in [2.75, 3.05) is 0 Å². The quantitative estimate of drug-likeness (QED) is 0.735. The molecule has 0 saturated heterocycles. The molecular formula is C17H16OS. The van der Waals surface area contributed by atoms with Gasteiger partial charge in [0, 0.05) is 4.88 Å². The van der Waals surface area contributed by atoms with E-state index in [1.54, 1.807) is 11.3 Å². The molecule has 0 amide bonds. The Kier molecular flexibility index (Phi) is 3.62. The molecule has 1 nitrogen and oxygen atoms in total. The van der Waals surface area contributed by atoms with Gasteiger partial charge in [-0.25, -0.2) is 0 Å². The van der Waals surface area contributed by atoms with E-state index >= 15 is 0 Å². The lowest BCUT2D eigenvalue weighted by Crippen LogP contribution is -1.99. The second kappa shape index (κ2) is 5.55. The highest BCUT2D eigenvalue weighted by Gasteiger charge is 2.11. The van der Waals surface area contributed by atoms with E-state index in [0.717, 1.165) is 23.8 Å². The summed E-state index contributed by atoms with van der Waals surface area (Å²) in [6.07, 6.45) is 1.31. The van der Waals surface area contributed by atoms with E-state index < -0.39 is 6.10 Å². The average molecular weight is 268 g/mol. The molecule has 0 spiro atoms. The van der Waals surface area contributed by atoms with Gasteiger partial charge in [0.25, 0.3) is 0 Å². The third kappa shape index (κ3) is 2.70. The summed E-state index contributed by atoms with van der Waals surface area (Å²) in [5.74, 6) is 0. The van der Waals surface area contributed by atoms with Gasteiger partial charge >= 0.3 is 0 Å². The maximum absolute atomic E-state index is 10.4. The summed E-state index contributed by atoms with van der Waals surface area (Å²) in [6, 6.07) is 18.6. The van der Waals surface area contributed by atoms with Crippen molar-refractivity contribution in [1.29, 1.82) is 0 Å². The third-order valence-corrected chi connectivity index (χ3v) is 4.36. The number of aliphatic hydroxyl groups excluding tert-OH is 1. The van der Waals surface area contributed by atoms with Crippen LogP contribution in [0.5, 0.6) is 0 Å². The summed E-state index contributed by atoms with van der Waals surface area (Å²) < 4.78 is 0. The third-order valence-electron chi connectivity index (χ3n) is 3.43. The van der Waals surface area contributed by atoms with Crippen LogP contribution in [0.25, 0.3) is 10.8 Å². The summed E-state index contributed by atoms with van der Waals surface area (Å²) >= 11 is 1.75. The molecule has 2 heteroatoms. The molecular weight excluding hydrogens is 252 g/mol. The van der Waals surface area contributed by atoms with Gasteiger partial charge in [-0.15, -0.1) is 11.3 Å². The van der Waals surface area contributed by atoms with E-state index in [0.29, 0.717) is 0 Å². The molecule has 19 heavy (non-hydrogen) atoms. The summed E-state index contributed by atoms with van der Waals surface area (Å²) in [4.78, 5) is 1.33. The zero-order chi connectivity index (χ0) is 13.1. The number of rotatable bonds is 4. The SMILES string of the molecule is O[C@@H](CCc1cccs1)c1cccc2ccccc12. The number of hydrogen-bond donors (Lipinski definition) is 1. The topological polar surface area (TPSA) is 20.2 Å². The van der Waals surface area contributed by atoms with Gasteiger partial charge in [-0.3, -0.25) is 0 Å². The highest BCUT2D eigenvalue weighted by Crippen LogP contribution is 2.27. The van der Waals surface area contributed by atoms with E-state index in [-0.39, 0.29) is 0 Å². The number of hydrogen-bond acceptors (Lipinski definition) is 2. The zero-order valence-electron chi connectivity index (χ0n) is 10.6. The fourth-order valence-electron chi connectivity index (χ4n) is 2.43. The Hall–Kier alpha value is -1.64. The van der Waals surface area contributed by atoms with Crippen molar-refractivity contribution < 1.29 is 5.11 Å². The predicted octanol–water partition coefficient (Wildman–Crippen LogP) is 4.57. The lowest BCUT2D eigenvalue weighted by atomic mass is 9.98. The Bertz CT molecular complexity index is 653. The van der Waals surface area contributed by atoms with E-state index in [2.05, 4.69) is 35.7 Å². The van der Waals surface area contributed by atoms with Gasteiger partial charge < -0.3 is 5.11 Å². The van der Waals surface area contributed by atoms with E-state index in [1.165, 1.54) is 10.3 Å². The average Bonchev–Trinajstić information content (AvgIpc) is 2.97. The standard InChI is InChI=1S/C17H16OS/c18-17(11-10-14-7-4-12-19-14)16-9-3-6-13-5-1-2-8-15(13)16/h1-9,12,17-18H,10-11H2/t17-/m0/s1. The molecule has 3 rings (SSSR count). The molecule has 1 heterocycles. The van der Waals surface area contributed by atoms with Crippen LogP contribution in [-0.2, 0) is 6.42 Å². The van der Waals surface area contributed by atoms with Crippen LogP contribution in [0.3, 0.4) is 0 Å². The maximum atomic E-state index is 10.4. The summed E-state index contributed by atoms with van der Waals surface area (Å²) in [6.45, 7) is 0. The Balaban J connectivity index is 1.83. The molecule has 0 saturated carbocycles. The second-order valence-corrected chi connectivity index (χ2v) is 5.73. The minimum Gasteiger partial charge on any atom is -0.388 e. The largest absolute Gasteiger partial charge is 0.388 e. The van der Waals surface area contributed by atoms with Crippen molar-refractivity contribution in [3.63, 3.8) is 0 Å². The number of thiophene rings is 1. The zero-order valence-corrected chi connectivity index (χ0v) is 11.4. The molecule has 0 aliphatic heterocycles. The first kappa shape index (κ1) is 12.4. The molecule has 0 bridgehead atoms. The fraction of sp³-hybridized carbons (Fsp3) is 0.176. The van der Waals surface area contributed by atoms with Crippen molar-refractivity contribution in [2.24, 2.45) is 0 Å². The van der Waals surface area contributed by atoms with Crippen molar-refractivity contribution in [3.8, 4) is 0 Å². The Morgan fingerprint density at radius 3 is 2.63 bits per heavy atom. The number of benzene rings is 2. The van der Waals surface area contributed by atoms with Gasteiger partial charge in [0.05, 0.1) is 6.10 Å². The predicted molar refractivity (Wildman–Crippen MR) is 81.5 cm³/mol. The van der Waals surface area contributed by atoms with Crippen molar-refractivity contribution in [2.45, 2.75) is 18.9 Å². The minimum atomic E-state index is -0.395. The van der Waals surface area contributed by atoms with Crippen molar-refractivity contribution in [3.05, 3.63) is 70.4 Å². The van der Waals surface area contributed by atoms with Gasteiger partial charge in [-0.2, -0.15) is 0 Å². The maximum Gasteiger partial charge on any atom is 0.0799 e.